The van der Waals surface area contributed by atoms with E-state index in [1.54, 1.807) is 0 Å². The second kappa shape index (κ2) is 2.48. The lowest BCUT2D eigenvalue weighted by Crippen LogP contribution is -1.90. The molecule has 0 aliphatic rings. The molecule has 9 heavy (non-hydrogen) atoms. The maximum atomic E-state index is 11.6. The molecule has 0 N–H and O–H groups in total. The van der Waals surface area contributed by atoms with E-state index < -0.39 is 12.1 Å². The van der Waals surface area contributed by atoms with Gasteiger partial charge in [0.15, 0.2) is 0 Å². The molecule has 1 aromatic rings. The predicted octanol–water partition coefficient (Wildman–Crippen LogP) is 1.21. The van der Waals surface area contributed by atoms with E-state index in [2.05, 4.69) is 16.3 Å². The Morgan fingerprint density at radius 3 is 2.67 bits per heavy atom. The number of aromatic nitrogens is 2. The maximum absolute atomic E-state index is 11.6. The minimum atomic E-state index is -2.57. The Kier molecular flexibility index (Phi) is 1.67. The van der Waals surface area contributed by atoms with Crippen molar-refractivity contribution in [2.75, 3.05) is 0 Å². The van der Waals surface area contributed by atoms with E-state index in [1.165, 1.54) is 12.3 Å². The van der Waals surface area contributed by atoms with Gasteiger partial charge in [-0.15, -0.1) is 5.10 Å². The van der Waals surface area contributed by atoms with Crippen LogP contribution in [0.25, 0.3) is 0 Å². The first-order chi connectivity index (χ1) is 4.30. The number of hydrogen-bond acceptors (Lipinski definition) is 2. The van der Waals surface area contributed by atoms with Crippen molar-refractivity contribution in [3.63, 3.8) is 0 Å². The minimum absolute atomic E-state index is 0.405. The fraction of sp³-hybridized carbons (Fsp3) is 0.200. The average molecular weight is 129 g/mol. The van der Waals surface area contributed by atoms with Gasteiger partial charge in [0.25, 0.3) is 6.43 Å². The molecule has 0 spiro atoms. The topological polar surface area (TPSA) is 25.8 Å². The molecule has 0 amide bonds. The molecule has 0 atom stereocenters. The summed E-state index contributed by atoms with van der Waals surface area (Å²) in [5, 5.41) is 6.37. The van der Waals surface area contributed by atoms with Crippen LogP contribution < -0.4 is 0 Å². The number of nitrogens with zero attached hydrogens (tertiary/aromatic N) is 2. The summed E-state index contributed by atoms with van der Waals surface area (Å²) in [4.78, 5) is 0. The van der Waals surface area contributed by atoms with Crippen molar-refractivity contribution >= 4 is 0 Å². The lowest BCUT2D eigenvalue weighted by atomic mass is 10.4. The van der Waals surface area contributed by atoms with Crippen LogP contribution in [0.3, 0.4) is 0 Å². The summed E-state index contributed by atoms with van der Waals surface area (Å²) < 4.78 is 23.3. The molecule has 0 saturated carbocycles. The molecular formula is C5H3F2N2. The molecule has 0 aliphatic heterocycles. The van der Waals surface area contributed by atoms with Crippen LogP contribution in [0.5, 0.6) is 0 Å². The van der Waals surface area contributed by atoms with Crippen molar-refractivity contribution < 1.29 is 8.78 Å². The third kappa shape index (κ3) is 1.42. The van der Waals surface area contributed by atoms with Crippen molar-refractivity contribution in [3.8, 4) is 0 Å². The Morgan fingerprint density at radius 1 is 1.56 bits per heavy atom. The molecule has 0 bridgehead atoms. The molecule has 0 saturated heterocycles. The van der Waals surface area contributed by atoms with E-state index in [0.717, 1.165) is 0 Å². The zero-order chi connectivity index (χ0) is 6.69. The zero-order valence-corrected chi connectivity index (χ0v) is 4.38. The molecule has 0 unspecified atom stereocenters. The fourth-order valence-electron chi connectivity index (χ4n) is 0.387. The first-order valence-corrected chi connectivity index (χ1v) is 2.28. The van der Waals surface area contributed by atoms with Gasteiger partial charge in [-0.25, -0.2) is 8.78 Å². The van der Waals surface area contributed by atoms with E-state index in [0.29, 0.717) is 0 Å². The molecule has 1 heterocycles. The molecule has 2 nitrogen and oxygen atoms in total. The van der Waals surface area contributed by atoms with E-state index in [9.17, 15) is 8.78 Å². The minimum Gasteiger partial charge on any atom is -0.203 e. The molecule has 1 rings (SSSR count). The highest BCUT2D eigenvalue weighted by Crippen LogP contribution is 2.12. The molecular weight excluding hydrogens is 126 g/mol. The highest BCUT2D eigenvalue weighted by atomic mass is 19.3. The normalized spacial score (nSPS) is 10.1. The first kappa shape index (κ1) is 6.07. The third-order valence-corrected chi connectivity index (χ3v) is 0.745. The number of alkyl halides is 2. The van der Waals surface area contributed by atoms with Crippen molar-refractivity contribution in [1.29, 1.82) is 0 Å². The highest BCUT2D eigenvalue weighted by Gasteiger charge is 2.06. The van der Waals surface area contributed by atoms with Crippen LogP contribution in [0.2, 0.25) is 0 Å². The van der Waals surface area contributed by atoms with Gasteiger partial charge in [-0.05, 0) is 6.07 Å². The molecule has 0 fully saturated rings. The van der Waals surface area contributed by atoms with E-state index in [-0.39, 0.29) is 0 Å². The lowest BCUT2D eigenvalue weighted by Gasteiger charge is -1.91. The van der Waals surface area contributed by atoms with Crippen LogP contribution in [-0.4, -0.2) is 10.2 Å². The van der Waals surface area contributed by atoms with Crippen LogP contribution in [0.15, 0.2) is 12.3 Å². The van der Waals surface area contributed by atoms with E-state index in [4.69, 9.17) is 0 Å². The summed E-state index contributed by atoms with van der Waals surface area (Å²) in [6.45, 7) is 0. The van der Waals surface area contributed by atoms with Crippen molar-refractivity contribution in [3.05, 3.63) is 24.0 Å². The van der Waals surface area contributed by atoms with Crippen LogP contribution >= 0.6 is 0 Å². The Bertz CT molecular complexity index is 176. The Balaban J connectivity index is 2.85. The van der Waals surface area contributed by atoms with Gasteiger partial charge in [0.1, 0.15) is 5.69 Å². The molecule has 4 heteroatoms. The van der Waals surface area contributed by atoms with Gasteiger partial charge in [-0.2, -0.15) is 5.10 Å². The van der Waals surface area contributed by atoms with Crippen LogP contribution in [-0.2, 0) is 0 Å². The van der Waals surface area contributed by atoms with E-state index in [1.807, 2.05) is 0 Å². The van der Waals surface area contributed by atoms with E-state index >= 15 is 0 Å². The van der Waals surface area contributed by atoms with Gasteiger partial charge < -0.3 is 0 Å². The Morgan fingerprint density at radius 2 is 2.33 bits per heavy atom. The second-order valence-corrected chi connectivity index (χ2v) is 1.36. The summed E-state index contributed by atoms with van der Waals surface area (Å²) >= 11 is 0. The molecule has 0 aromatic carbocycles. The summed E-state index contributed by atoms with van der Waals surface area (Å²) in [7, 11) is 0. The Labute approximate surface area is 50.5 Å². The maximum Gasteiger partial charge on any atom is 0.282 e. The van der Waals surface area contributed by atoms with Gasteiger partial charge in [0.05, 0.1) is 6.20 Å². The summed E-state index contributed by atoms with van der Waals surface area (Å²) in [5.41, 5.74) is -0.405. The molecule has 1 aromatic heterocycles. The first-order valence-electron chi connectivity index (χ1n) is 2.28. The predicted molar refractivity (Wildman–Crippen MR) is 25.8 cm³/mol. The standard InChI is InChI=1S/C5H3F2N2/c6-5(7)4-2-1-3-8-9-4/h1,3,5H. The lowest BCUT2D eigenvalue weighted by molar-refractivity contribution is 0.144. The summed E-state index contributed by atoms with van der Waals surface area (Å²) in [6, 6.07) is 3.54. The van der Waals surface area contributed by atoms with Crippen molar-refractivity contribution in [2.24, 2.45) is 0 Å². The average Bonchev–Trinajstić information content (AvgIpc) is 1.90. The van der Waals surface area contributed by atoms with Gasteiger partial charge >= 0.3 is 0 Å². The smallest absolute Gasteiger partial charge is 0.203 e. The monoisotopic (exact) mass is 129 g/mol. The molecule has 0 aliphatic carbocycles. The van der Waals surface area contributed by atoms with Gasteiger partial charge in [-0.3, -0.25) is 0 Å². The van der Waals surface area contributed by atoms with Gasteiger partial charge in [-0.1, -0.05) is 0 Å². The number of halogens is 2. The fourth-order valence-corrected chi connectivity index (χ4v) is 0.387. The molecule has 1 radical (unpaired) electrons. The third-order valence-electron chi connectivity index (χ3n) is 0.745. The number of rotatable bonds is 1. The van der Waals surface area contributed by atoms with Crippen LogP contribution in [0.4, 0.5) is 8.78 Å². The quantitative estimate of drug-likeness (QED) is 0.569. The summed E-state index contributed by atoms with van der Waals surface area (Å²) in [6.07, 6.45) is -1.27. The van der Waals surface area contributed by atoms with Crippen molar-refractivity contribution in [1.82, 2.24) is 10.2 Å². The zero-order valence-electron chi connectivity index (χ0n) is 4.38. The SMILES string of the molecule is FC(F)c1[c]ccnn1. The summed E-state index contributed by atoms with van der Waals surface area (Å²) in [5.74, 6) is 0. The number of hydrogen-bond donors (Lipinski definition) is 0. The van der Waals surface area contributed by atoms with Gasteiger partial charge in [0.2, 0.25) is 0 Å². The van der Waals surface area contributed by atoms with Crippen molar-refractivity contribution in [2.45, 2.75) is 6.43 Å². The second-order valence-electron chi connectivity index (χ2n) is 1.36. The van der Waals surface area contributed by atoms with Crippen LogP contribution in [0.1, 0.15) is 12.1 Å². The Hall–Kier alpha value is -1.06. The van der Waals surface area contributed by atoms with Gasteiger partial charge in [0, 0.05) is 6.07 Å². The largest absolute Gasteiger partial charge is 0.282 e. The highest BCUT2D eigenvalue weighted by molar-refractivity contribution is 4.97. The van der Waals surface area contributed by atoms with Crippen LogP contribution in [0, 0.1) is 6.07 Å². The molecule has 47 valence electrons.